The van der Waals surface area contributed by atoms with E-state index in [2.05, 4.69) is 15.7 Å². The van der Waals surface area contributed by atoms with Gasteiger partial charge in [-0.1, -0.05) is 0 Å². The van der Waals surface area contributed by atoms with Gasteiger partial charge in [0, 0.05) is 0 Å². The van der Waals surface area contributed by atoms with Crippen LogP contribution in [0, 0.1) is 0 Å². The summed E-state index contributed by atoms with van der Waals surface area (Å²) in [5.74, 6) is 0. The van der Waals surface area contributed by atoms with E-state index < -0.39 is 0 Å². The summed E-state index contributed by atoms with van der Waals surface area (Å²) in [5.41, 5.74) is 0. The summed E-state index contributed by atoms with van der Waals surface area (Å²) in [6, 6.07) is 0. The molecule has 0 aromatic rings. The Bertz CT molecular complexity index is 52.3. The van der Waals surface area contributed by atoms with Gasteiger partial charge in [0.25, 0.3) is 0 Å². The first kappa shape index (κ1) is 5.99. The molecule has 6 heavy (non-hydrogen) atoms. The van der Waals surface area contributed by atoms with Gasteiger partial charge >= 0.3 is 45.9 Å². The number of allylic oxidation sites excluding steroid dienone is 3. The molecule has 0 bridgehead atoms. The van der Waals surface area contributed by atoms with E-state index in [1.807, 2.05) is 25.2 Å². The topological polar surface area (TPSA) is 0 Å². The zero-order chi connectivity index (χ0) is 4.83. The fourth-order valence-corrected chi connectivity index (χ4v) is 0.264. The molecule has 1 heteroatoms. The fraction of sp³-hybridized carbons (Fsp3) is 0.200. The van der Waals surface area contributed by atoms with Gasteiger partial charge in [-0.05, 0) is 0 Å². The van der Waals surface area contributed by atoms with Crippen molar-refractivity contribution >= 4 is 0 Å². The van der Waals surface area contributed by atoms with E-state index in [9.17, 15) is 0 Å². The van der Waals surface area contributed by atoms with E-state index in [1.54, 1.807) is 5.01 Å². The van der Waals surface area contributed by atoms with Gasteiger partial charge < -0.3 is 0 Å². The van der Waals surface area contributed by atoms with Gasteiger partial charge in [0.1, 0.15) is 0 Å². The van der Waals surface area contributed by atoms with Gasteiger partial charge in [-0.25, -0.2) is 0 Å². The first-order valence-corrected chi connectivity index (χ1v) is 2.37. The third-order valence-corrected chi connectivity index (χ3v) is 0.568. The molecule has 0 aromatic heterocycles. The predicted molar refractivity (Wildman–Crippen MR) is 24.0 cm³/mol. The summed E-state index contributed by atoms with van der Waals surface area (Å²) >= 11 is 3.86. The van der Waals surface area contributed by atoms with Crippen LogP contribution >= 0.6 is 0 Å². The van der Waals surface area contributed by atoms with Crippen LogP contribution in [-0.4, -0.2) is 0 Å². The van der Waals surface area contributed by atoms with Gasteiger partial charge in [0.05, 0.1) is 0 Å². The molecule has 0 aliphatic carbocycles. The molecule has 0 atom stereocenters. The summed E-state index contributed by atoms with van der Waals surface area (Å²) in [7, 11) is 0. The zero-order valence-electron chi connectivity index (χ0n) is 3.64. The van der Waals surface area contributed by atoms with Crippen LogP contribution in [0.4, 0.5) is 0 Å². The number of hydrogen-bond acceptors (Lipinski definition) is 0. The molecule has 0 spiro atoms. The molecular weight excluding hydrogens is 119 g/mol. The second-order valence-corrected chi connectivity index (χ2v) is 1.18. The standard InChI is InChI=1S/C5H7.Co/c1-3-5-4-2;/h1,3-5H,2H3;. The zero-order valence-corrected chi connectivity index (χ0v) is 4.68. The van der Waals surface area contributed by atoms with Gasteiger partial charge in [0.2, 0.25) is 0 Å². The summed E-state index contributed by atoms with van der Waals surface area (Å²) < 4.78 is 0. The van der Waals surface area contributed by atoms with Crippen LogP contribution in [0.1, 0.15) is 6.92 Å². The molecule has 0 aliphatic rings. The molecule has 0 amide bonds. The summed E-state index contributed by atoms with van der Waals surface area (Å²) in [4.78, 5) is 0. The molecule has 0 saturated carbocycles. The molecule has 0 aliphatic heterocycles. The molecule has 0 saturated heterocycles. The van der Waals surface area contributed by atoms with Gasteiger partial charge in [-0.15, -0.1) is 0 Å². The third-order valence-electron chi connectivity index (χ3n) is 0.368. The maximum absolute atomic E-state index is 3.86. The second-order valence-electron chi connectivity index (χ2n) is 0.829. The van der Waals surface area contributed by atoms with E-state index in [0.717, 1.165) is 0 Å². The number of rotatable bonds is 1. The Labute approximate surface area is 46.5 Å². The normalized spacial score (nSPS) is 11.8. The summed E-state index contributed by atoms with van der Waals surface area (Å²) in [6.07, 6.45) is 5.73. The van der Waals surface area contributed by atoms with Crippen molar-refractivity contribution < 1.29 is 15.7 Å². The molecule has 0 heterocycles. The Morgan fingerprint density at radius 3 is 2.17 bits per heavy atom. The molecule has 0 radical (unpaired) electrons. The van der Waals surface area contributed by atoms with E-state index in [1.165, 1.54) is 0 Å². The molecule has 0 unspecified atom stereocenters. The van der Waals surface area contributed by atoms with Gasteiger partial charge in [-0.3, -0.25) is 0 Å². The predicted octanol–water partition coefficient (Wildman–Crippen LogP) is 1.62. The van der Waals surface area contributed by atoms with Crippen molar-refractivity contribution in [1.82, 2.24) is 0 Å². The second kappa shape index (κ2) is 4.99. The average Bonchev–Trinajstić information content (AvgIpc) is 1.61. The molecule has 36 valence electrons. The summed E-state index contributed by atoms with van der Waals surface area (Å²) in [6.45, 7) is 1.97. The van der Waals surface area contributed by atoms with Crippen molar-refractivity contribution in [3.63, 3.8) is 0 Å². The van der Waals surface area contributed by atoms with Crippen LogP contribution < -0.4 is 0 Å². The first-order chi connectivity index (χ1) is 2.91. The van der Waals surface area contributed by atoms with Crippen molar-refractivity contribution in [2.45, 2.75) is 6.92 Å². The molecule has 0 N–H and O–H groups in total. The molecular formula is C5H7Co. The van der Waals surface area contributed by atoms with E-state index in [0.29, 0.717) is 0 Å². The van der Waals surface area contributed by atoms with Crippen molar-refractivity contribution in [2.24, 2.45) is 0 Å². The van der Waals surface area contributed by atoms with Crippen molar-refractivity contribution in [3.8, 4) is 0 Å². The van der Waals surface area contributed by atoms with Crippen LogP contribution in [0.2, 0.25) is 0 Å². The SMILES string of the molecule is CC=CC=[CH][Co]. The van der Waals surface area contributed by atoms with E-state index >= 15 is 0 Å². The molecule has 0 rings (SSSR count). The Hall–Kier alpha value is -0.0135. The Morgan fingerprint density at radius 2 is 2.00 bits per heavy atom. The van der Waals surface area contributed by atoms with Crippen LogP contribution in [0.15, 0.2) is 23.2 Å². The average molecular weight is 126 g/mol. The van der Waals surface area contributed by atoms with E-state index in [4.69, 9.17) is 0 Å². The monoisotopic (exact) mass is 126 g/mol. The van der Waals surface area contributed by atoms with Crippen LogP contribution in [0.25, 0.3) is 0 Å². The maximum atomic E-state index is 3.86. The summed E-state index contributed by atoms with van der Waals surface area (Å²) in [5, 5.41) is 1.69. The van der Waals surface area contributed by atoms with Crippen molar-refractivity contribution in [1.29, 1.82) is 0 Å². The Morgan fingerprint density at radius 1 is 1.33 bits per heavy atom. The Balaban J connectivity index is 3.07. The van der Waals surface area contributed by atoms with Crippen LogP contribution in [0.5, 0.6) is 0 Å². The Kier molecular flexibility index (Phi) is 4.98. The minimum atomic E-state index is 1.69. The molecule has 0 nitrogen and oxygen atoms in total. The first-order valence-electron chi connectivity index (χ1n) is 1.77. The third kappa shape index (κ3) is 3.99. The van der Waals surface area contributed by atoms with Crippen molar-refractivity contribution in [2.75, 3.05) is 0 Å². The fourth-order valence-electron chi connectivity index (χ4n) is 0.148. The quantitative estimate of drug-likeness (QED) is 0.468. The number of hydrogen-bond donors (Lipinski definition) is 0. The minimum absolute atomic E-state index is 1.69. The van der Waals surface area contributed by atoms with Crippen LogP contribution in [0.3, 0.4) is 0 Å². The van der Waals surface area contributed by atoms with E-state index in [-0.39, 0.29) is 0 Å². The molecule has 0 aromatic carbocycles. The van der Waals surface area contributed by atoms with Gasteiger partial charge in [0.15, 0.2) is 0 Å². The van der Waals surface area contributed by atoms with Crippen LogP contribution in [-0.2, 0) is 15.7 Å². The van der Waals surface area contributed by atoms with Crippen molar-refractivity contribution in [3.05, 3.63) is 23.2 Å². The molecule has 0 fully saturated rings. The van der Waals surface area contributed by atoms with Gasteiger partial charge in [-0.2, -0.15) is 0 Å².